The first kappa shape index (κ1) is 55.8. The number of fused-ring (bicyclic) bond motifs is 3. The Balaban J connectivity index is 1.14. The van der Waals surface area contributed by atoms with Gasteiger partial charge in [-0.05, 0) is 60.1 Å². The van der Waals surface area contributed by atoms with Gasteiger partial charge in [0.2, 0.25) is 41.4 Å². The van der Waals surface area contributed by atoms with Gasteiger partial charge in [-0.15, -0.1) is 0 Å². The summed E-state index contributed by atoms with van der Waals surface area (Å²) in [5.74, 6) is -9.65. The van der Waals surface area contributed by atoms with E-state index in [9.17, 15) is 53.4 Å². The lowest BCUT2D eigenvalue weighted by Crippen LogP contribution is -2.60. The van der Waals surface area contributed by atoms with Gasteiger partial charge in [-0.25, -0.2) is 4.79 Å². The molecule has 3 aromatic heterocycles. The maximum Gasteiger partial charge on any atom is 0.326 e. The lowest BCUT2D eigenvalue weighted by Gasteiger charge is -2.27. The first-order chi connectivity index (χ1) is 35.7. The average molecular weight is 1030 g/mol. The summed E-state index contributed by atoms with van der Waals surface area (Å²) in [6.45, 7) is 7.39. The van der Waals surface area contributed by atoms with Gasteiger partial charge in [-0.1, -0.05) is 88.7 Å². The normalized spacial score (nSPS) is 14.6. The van der Waals surface area contributed by atoms with E-state index in [4.69, 9.17) is 5.73 Å². The molecule has 398 valence electrons. The van der Waals surface area contributed by atoms with E-state index in [0.29, 0.717) is 28.5 Å². The second-order valence-electron chi connectivity index (χ2n) is 19.0. The van der Waals surface area contributed by atoms with E-state index in [1.807, 2.05) is 48.5 Å². The Bertz CT molecular complexity index is 3050. The summed E-state index contributed by atoms with van der Waals surface area (Å²) in [6, 6.07) is 12.5. The Hall–Kier alpha value is -8.53. The van der Waals surface area contributed by atoms with E-state index in [1.165, 1.54) is 6.92 Å². The Morgan fingerprint density at radius 2 is 0.960 bits per heavy atom. The summed E-state index contributed by atoms with van der Waals surface area (Å²) in [4.78, 5) is 130. The van der Waals surface area contributed by atoms with Crippen molar-refractivity contribution in [3.63, 3.8) is 0 Å². The molecule has 8 atom stereocenters. The van der Waals surface area contributed by atoms with Crippen molar-refractivity contribution in [1.29, 1.82) is 0 Å². The van der Waals surface area contributed by atoms with E-state index in [2.05, 4.69) is 52.2 Å². The monoisotopic (exact) mass is 1030 g/mol. The molecule has 6 aromatic rings. The van der Waals surface area contributed by atoms with Crippen LogP contribution >= 0.6 is 0 Å². The van der Waals surface area contributed by atoms with Gasteiger partial charge in [0.15, 0.2) is 0 Å². The van der Waals surface area contributed by atoms with Crippen LogP contribution in [0.1, 0.15) is 64.2 Å². The lowest BCUT2D eigenvalue weighted by molar-refractivity contribution is -0.143. The summed E-state index contributed by atoms with van der Waals surface area (Å²) in [6.07, 6.45) is 4.50. The molecule has 0 saturated carbocycles. The molecule has 22 heteroatoms. The molecule has 6 rings (SSSR count). The molecule has 3 heterocycles. The number of aliphatic carboxylic acids is 2. The van der Waals surface area contributed by atoms with Crippen LogP contribution in [0.15, 0.2) is 91.4 Å². The highest BCUT2D eigenvalue weighted by Gasteiger charge is 2.35. The summed E-state index contributed by atoms with van der Waals surface area (Å²) in [5.41, 5.74) is 10.6. The van der Waals surface area contributed by atoms with E-state index in [0.717, 1.165) is 27.4 Å². The van der Waals surface area contributed by atoms with Crippen molar-refractivity contribution in [2.75, 3.05) is 6.54 Å². The Morgan fingerprint density at radius 1 is 0.520 bits per heavy atom. The molecule has 0 aliphatic heterocycles. The molecule has 0 bridgehead atoms. The van der Waals surface area contributed by atoms with Crippen LogP contribution in [0.5, 0.6) is 0 Å². The van der Waals surface area contributed by atoms with Gasteiger partial charge in [-0.3, -0.25) is 38.4 Å². The van der Waals surface area contributed by atoms with Crippen molar-refractivity contribution in [2.24, 2.45) is 17.6 Å². The minimum Gasteiger partial charge on any atom is -0.481 e. The molecular weight excluding hydrogens is 967 g/mol. The molecule has 3 aromatic carbocycles. The van der Waals surface area contributed by atoms with Gasteiger partial charge in [0, 0.05) is 64.1 Å². The maximum absolute atomic E-state index is 14.4. The van der Waals surface area contributed by atoms with E-state index >= 15 is 0 Å². The average Bonchev–Trinajstić information content (AvgIpc) is 4.12. The van der Waals surface area contributed by atoms with E-state index in [-0.39, 0.29) is 19.3 Å². The zero-order chi connectivity index (χ0) is 54.5. The third-order valence-corrected chi connectivity index (χ3v) is 13.1. The van der Waals surface area contributed by atoms with Crippen molar-refractivity contribution < 1.29 is 53.4 Å². The molecule has 7 amide bonds. The number of aromatic nitrogens is 3. The number of H-pyrrole nitrogens is 3. The van der Waals surface area contributed by atoms with Gasteiger partial charge in [0.05, 0.1) is 19.0 Å². The second kappa shape index (κ2) is 25.4. The Kier molecular flexibility index (Phi) is 18.9. The van der Waals surface area contributed by atoms with Crippen LogP contribution in [0.4, 0.5) is 0 Å². The fourth-order valence-electron chi connectivity index (χ4n) is 8.68. The highest BCUT2D eigenvalue weighted by Crippen LogP contribution is 2.22. The molecule has 75 heavy (non-hydrogen) atoms. The smallest absolute Gasteiger partial charge is 0.326 e. The highest BCUT2D eigenvalue weighted by molar-refractivity contribution is 5.99. The third kappa shape index (κ3) is 14.6. The summed E-state index contributed by atoms with van der Waals surface area (Å²) in [5, 5.41) is 39.9. The molecule has 0 aliphatic carbocycles. The van der Waals surface area contributed by atoms with Crippen molar-refractivity contribution in [1.82, 2.24) is 52.2 Å². The van der Waals surface area contributed by atoms with Crippen LogP contribution in [-0.4, -0.2) is 127 Å². The number of carboxylic acid groups (broad SMARTS) is 2. The number of benzene rings is 3. The minimum atomic E-state index is -1.75. The van der Waals surface area contributed by atoms with Crippen molar-refractivity contribution in [3.05, 3.63) is 108 Å². The van der Waals surface area contributed by atoms with E-state index in [1.54, 1.807) is 70.6 Å². The number of rotatable bonds is 26. The predicted molar refractivity (Wildman–Crippen MR) is 278 cm³/mol. The number of carbonyl (C=O) groups is 9. The molecule has 0 spiro atoms. The van der Waals surface area contributed by atoms with Crippen molar-refractivity contribution in [3.8, 4) is 0 Å². The fraction of sp³-hybridized carbons (Fsp3) is 0.377. The predicted octanol–water partition coefficient (Wildman–Crippen LogP) is 1.79. The standard InChI is InChI=1S/C53H65N11O11/c1-6-28(4)46(53(74)75)64-50(71)40(20-31-24-56-38-17-11-8-14-34(31)38)60-43(65)26-58-52(73)45(27(2)3)63-51(72)41(21-32-25-57-39-18-12-9-15-35(32)39)62-49(70)42(22-44(66)67)61-47(68)29(5)59-48(69)36(54)19-30-23-55-37-16-10-7-13-33(30)37/h7-18,23-25,27-29,36,40-42,45-46,55-57H,6,19-22,26,54H2,1-5H3,(H,58,73)(H,59,69)(H,60,65)(H,61,68)(H,62,70)(H,63,72)(H,64,71)(H,66,67)(H,74,75)/t28-,29-,36-,40-,41-,42-,45-,46-/m0/s1. The SMILES string of the molecule is CC[C@H](C)[C@H](NC(=O)[C@H](Cc1c[nH]c2ccccc12)NC(=O)CNC(=O)[C@@H](NC(=O)[C@H](Cc1c[nH]c2ccccc12)NC(=O)[C@H](CC(=O)O)NC(=O)[C@H](C)NC(=O)[C@@H](N)Cc1c[nH]c2ccccc12)C(C)C)C(=O)O. The second-order valence-corrected chi connectivity index (χ2v) is 19.0. The molecule has 0 saturated heterocycles. The molecule has 0 aliphatic rings. The number of hydrogen-bond donors (Lipinski definition) is 13. The molecule has 0 unspecified atom stereocenters. The molecule has 22 nitrogen and oxygen atoms in total. The van der Waals surface area contributed by atoms with Crippen molar-refractivity contribution in [2.45, 2.75) is 109 Å². The summed E-state index contributed by atoms with van der Waals surface area (Å²) >= 11 is 0. The van der Waals surface area contributed by atoms with Gasteiger partial charge in [-0.2, -0.15) is 0 Å². The quantitative estimate of drug-likeness (QED) is 0.0370. The van der Waals surface area contributed by atoms with Crippen LogP contribution in [-0.2, 0) is 62.4 Å². The first-order valence-corrected chi connectivity index (χ1v) is 24.7. The lowest BCUT2D eigenvalue weighted by atomic mass is 9.98. The molecule has 14 N–H and O–H groups in total. The molecule has 0 radical (unpaired) electrons. The largest absolute Gasteiger partial charge is 0.481 e. The number of nitrogens with two attached hydrogens (primary N) is 1. The number of hydrogen-bond acceptors (Lipinski definition) is 10. The molecule has 0 fully saturated rings. The number of aromatic amines is 3. The van der Waals surface area contributed by atoms with Crippen LogP contribution in [0.25, 0.3) is 32.7 Å². The van der Waals surface area contributed by atoms with Crippen LogP contribution < -0.4 is 43.0 Å². The summed E-state index contributed by atoms with van der Waals surface area (Å²) in [7, 11) is 0. The Morgan fingerprint density at radius 3 is 1.43 bits per heavy atom. The van der Waals surface area contributed by atoms with Gasteiger partial charge in [0.25, 0.3) is 0 Å². The van der Waals surface area contributed by atoms with Gasteiger partial charge in [0.1, 0.15) is 36.3 Å². The zero-order valence-corrected chi connectivity index (χ0v) is 42.2. The highest BCUT2D eigenvalue weighted by atomic mass is 16.4. The number of para-hydroxylation sites is 3. The zero-order valence-electron chi connectivity index (χ0n) is 42.2. The number of carbonyl (C=O) groups excluding carboxylic acids is 7. The van der Waals surface area contributed by atoms with Crippen molar-refractivity contribution >= 4 is 86.0 Å². The minimum absolute atomic E-state index is 0.0367. The summed E-state index contributed by atoms with van der Waals surface area (Å²) < 4.78 is 0. The topological polar surface area (TPSA) is 352 Å². The first-order valence-electron chi connectivity index (χ1n) is 24.7. The van der Waals surface area contributed by atoms with Gasteiger partial charge >= 0.3 is 11.9 Å². The number of nitrogens with one attached hydrogen (secondary N) is 10. The van der Waals surface area contributed by atoms with Gasteiger partial charge < -0.3 is 68.1 Å². The fourth-order valence-corrected chi connectivity index (χ4v) is 8.68. The molecular formula is C53H65N11O11. The van der Waals surface area contributed by atoms with Crippen LogP contribution in [0, 0.1) is 11.8 Å². The van der Waals surface area contributed by atoms with Crippen LogP contribution in [0.3, 0.4) is 0 Å². The maximum atomic E-state index is 14.4. The Labute approximate surface area is 431 Å². The number of amides is 7. The van der Waals surface area contributed by atoms with E-state index < -0.39 is 120 Å². The van der Waals surface area contributed by atoms with Crippen LogP contribution in [0.2, 0.25) is 0 Å². The number of carboxylic acids is 2. The third-order valence-electron chi connectivity index (χ3n) is 13.1.